The highest BCUT2D eigenvalue weighted by Gasteiger charge is 2.27. The number of likely N-dealkylation sites (tertiary alicyclic amines) is 1. The number of benzene rings is 1. The number of hydrogen-bond donors (Lipinski definition) is 2. The van der Waals surface area contributed by atoms with Gasteiger partial charge in [-0.1, -0.05) is 18.2 Å². The fourth-order valence-electron chi connectivity index (χ4n) is 2.91. The van der Waals surface area contributed by atoms with Crippen molar-refractivity contribution in [2.75, 3.05) is 18.1 Å². The minimum absolute atomic E-state index is 0.216. The molecular weight excluding hydrogens is 316 g/mol. The van der Waals surface area contributed by atoms with Crippen LogP contribution >= 0.6 is 0 Å². The van der Waals surface area contributed by atoms with Crippen LogP contribution in [0.15, 0.2) is 36.2 Å². The van der Waals surface area contributed by atoms with Crippen LogP contribution in [0.5, 0.6) is 0 Å². The number of nitrogens with two attached hydrogens (primary N) is 2. The van der Waals surface area contributed by atoms with Gasteiger partial charge in [-0.2, -0.15) is 0 Å². The van der Waals surface area contributed by atoms with E-state index in [9.17, 15) is 4.79 Å². The van der Waals surface area contributed by atoms with Gasteiger partial charge in [-0.05, 0) is 52.2 Å². The summed E-state index contributed by atoms with van der Waals surface area (Å²) in [5.74, 6) is 6.36. The molecule has 1 aromatic rings. The molecule has 25 heavy (non-hydrogen) atoms. The molecule has 1 heterocycles. The minimum Gasteiger partial charge on any atom is -0.444 e. The molecule has 0 aliphatic carbocycles. The summed E-state index contributed by atoms with van der Waals surface area (Å²) in [4.78, 5) is 13.9. The summed E-state index contributed by atoms with van der Waals surface area (Å²) in [7, 11) is 0. The zero-order chi connectivity index (χ0) is 18.6. The number of carbonyl (C=O) groups is 1. The zero-order valence-electron chi connectivity index (χ0n) is 15.7. The third kappa shape index (κ3) is 5.39. The normalized spacial score (nSPS) is 16.7. The summed E-state index contributed by atoms with van der Waals surface area (Å²) in [5.41, 5.74) is 8.56. The molecule has 1 fully saturated rings. The van der Waals surface area contributed by atoms with Gasteiger partial charge in [0.2, 0.25) is 0 Å². The Morgan fingerprint density at radius 1 is 1.28 bits per heavy atom. The van der Waals surface area contributed by atoms with Crippen molar-refractivity contribution < 1.29 is 9.53 Å². The lowest BCUT2D eigenvalue weighted by molar-refractivity contribution is 0.0194. The number of allylic oxidation sites excluding steroid dienone is 1. The number of piperidine rings is 1. The van der Waals surface area contributed by atoms with E-state index in [1.807, 2.05) is 52.0 Å². The molecule has 1 saturated heterocycles. The van der Waals surface area contributed by atoms with Crippen molar-refractivity contribution in [1.82, 2.24) is 4.90 Å². The van der Waals surface area contributed by atoms with E-state index in [4.69, 9.17) is 16.3 Å². The molecule has 0 unspecified atom stereocenters. The highest BCUT2D eigenvalue weighted by molar-refractivity contribution is 5.68. The molecule has 0 bridgehead atoms. The molecule has 1 aromatic carbocycles. The average molecular weight is 346 g/mol. The maximum absolute atomic E-state index is 12.1. The summed E-state index contributed by atoms with van der Waals surface area (Å²) in [6.07, 6.45) is 3.15. The molecular formula is C19H30N4O2. The number of hydrogen-bond acceptors (Lipinski definition) is 5. The Bertz CT molecular complexity index is 629. The summed E-state index contributed by atoms with van der Waals surface area (Å²) < 4.78 is 5.42. The first-order chi connectivity index (χ1) is 11.7. The van der Waals surface area contributed by atoms with Crippen LogP contribution in [-0.4, -0.2) is 29.7 Å². The fourth-order valence-corrected chi connectivity index (χ4v) is 2.91. The van der Waals surface area contributed by atoms with Crippen LogP contribution in [0.3, 0.4) is 0 Å². The van der Waals surface area contributed by atoms with Crippen molar-refractivity contribution in [3.8, 4) is 0 Å². The van der Waals surface area contributed by atoms with Gasteiger partial charge in [-0.3, -0.25) is 5.01 Å². The van der Waals surface area contributed by atoms with Crippen molar-refractivity contribution in [2.24, 2.45) is 17.5 Å². The van der Waals surface area contributed by atoms with E-state index in [1.54, 1.807) is 16.1 Å². The Labute approximate surface area is 150 Å². The molecule has 0 aromatic heterocycles. The number of nitrogens with zero attached hydrogens (tertiary/aromatic N) is 2. The van der Waals surface area contributed by atoms with Gasteiger partial charge in [0.1, 0.15) is 5.60 Å². The van der Waals surface area contributed by atoms with Gasteiger partial charge in [-0.15, -0.1) is 0 Å². The molecule has 138 valence electrons. The second-order valence-corrected chi connectivity index (χ2v) is 7.56. The molecule has 1 aliphatic heterocycles. The molecule has 0 radical (unpaired) electrons. The van der Waals surface area contributed by atoms with Crippen molar-refractivity contribution in [3.63, 3.8) is 0 Å². The van der Waals surface area contributed by atoms with Crippen LogP contribution in [0.4, 0.5) is 10.5 Å². The van der Waals surface area contributed by atoms with E-state index in [-0.39, 0.29) is 12.0 Å². The molecule has 0 spiro atoms. The number of aryl methyl sites for hydroxylation is 1. The molecule has 6 heteroatoms. The predicted octanol–water partition coefficient (Wildman–Crippen LogP) is 3.12. The number of rotatable bonds is 3. The van der Waals surface area contributed by atoms with Gasteiger partial charge in [0.05, 0.1) is 5.69 Å². The van der Waals surface area contributed by atoms with Gasteiger partial charge < -0.3 is 15.4 Å². The van der Waals surface area contributed by atoms with Gasteiger partial charge >= 0.3 is 6.09 Å². The van der Waals surface area contributed by atoms with Gasteiger partial charge in [0.15, 0.2) is 0 Å². The maximum atomic E-state index is 12.1. The summed E-state index contributed by atoms with van der Waals surface area (Å²) in [6.45, 7) is 8.92. The molecule has 6 nitrogen and oxygen atoms in total. The van der Waals surface area contributed by atoms with Crippen LogP contribution < -0.4 is 16.6 Å². The quantitative estimate of drug-likeness (QED) is 0.649. The second-order valence-electron chi connectivity index (χ2n) is 7.56. The molecule has 0 saturated carbocycles. The Hall–Kier alpha value is -2.21. The van der Waals surface area contributed by atoms with Crippen molar-refractivity contribution in [2.45, 2.75) is 46.1 Å². The lowest BCUT2D eigenvalue weighted by atomic mass is 9.94. The first-order valence-corrected chi connectivity index (χ1v) is 8.72. The Morgan fingerprint density at radius 2 is 1.88 bits per heavy atom. The first kappa shape index (κ1) is 19.1. The molecule has 0 atom stereocenters. The largest absolute Gasteiger partial charge is 0.444 e. The van der Waals surface area contributed by atoms with E-state index < -0.39 is 5.60 Å². The van der Waals surface area contributed by atoms with Crippen LogP contribution in [0.25, 0.3) is 0 Å². The predicted molar refractivity (Wildman–Crippen MR) is 101 cm³/mol. The van der Waals surface area contributed by atoms with E-state index in [0.29, 0.717) is 13.1 Å². The number of anilines is 1. The van der Waals surface area contributed by atoms with Crippen LogP contribution in [0, 0.1) is 12.8 Å². The Balaban J connectivity index is 1.93. The number of para-hydroxylation sites is 1. The SMILES string of the molecule is Cc1ccccc1N(N)/C=C(\N)C1CCN(C(=O)OC(C)(C)C)CC1. The van der Waals surface area contributed by atoms with Crippen molar-refractivity contribution >= 4 is 11.8 Å². The van der Waals surface area contributed by atoms with Gasteiger partial charge in [0.25, 0.3) is 0 Å². The highest BCUT2D eigenvalue weighted by atomic mass is 16.6. The number of carbonyl (C=O) groups excluding carboxylic acids is 1. The number of hydrazine groups is 1. The summed E-state index contributed by atoms with van der Waals surface area (Å²) >= 11 is 0. The van der Waals surface area contributed by atoms with Crippen LogP contribution in [0.1, 0.15) is 39.2 Å². The van der Waals surface area contributed by atoms with E-state index in [2.05, 4.69) is 0 Å². The van der Waals surface area contributed by atoms with Gasteiger partial charge in [0, 0.05) is 30.9 Å². The zero-order valence-corrected chi connectivity index (χ0v) is 15.7. The third-order valence-electron chi connectivity index (χ3n) is 4.30. The van der Waals surface area contributed by atoms with E-state index in [1.165, 1.54) is 0 Å². The van der Waals surface area contributed by atoms with Crippen LogP contribution in [-0.2, 0) is 4.74 Å². The first-order valence-electron chi connectivity index (χ1n) is 8.72. The van der Waals surface area contributed by atoms with Crippen molar-refractivity contribution in [3.05, 3.63) is 41.7 Å². The average Bonchev–Trinajstić information content (AvgIpc) is 2.53. The smallest absolute Gasteiger partial charge is 0.410 e. The summed E-state index contributed by atoms with van der Waals surface area (Å²) in [6, 6.07) is 7.90. The lowest BCUT2D eigenvalue weighted by Gasteiger charge is -2.34. The number of ether oxygens (including phenoxy) is 1. The highest BCUT2D eigenvalue weighted by Crippen LogP contribution is 2.25. The molecule has 4 N–H and O–H groups in total. The van der Waals surface area contributed by atoms with E-state index >= 15 is 0 Å². The molecule has 1 aliphatic rings. The fraction of sp³-hybridized carbons (Fsp3) is 0.526. The number of amides is 1. The minimum atomic E-state index is -0.472. The molecule has 2 rings (SSSR count). The monoisotopic (exact) mass is 346 g/mol. The summed E-state index contributed by atoms with van der Waals surface area (Å²) in [5, 5.41) is 1.57. The topological polar surface area (TPSA) is 84.8 Å². The van der Waals surface area contributed by atoms with E-state index in [0.717, 1.165) is 29.8 Å². The van der Waals surface area contributed by atoms with Crippen LogP contribution in [0.2, 0.25) is 0 Å². The van der Waals surface area contributed by atoms with Crippen molar-refractivity contribution in [1.29, 1.82) is 0 Å². The Kier molecular flexibility index (Phi) is 5.95. The third-order valence-corrected chi connectivity index (χ3v) is 4.30. The lowest BCUT2D eigenvalue weighted by Crippen LogP contribution is -2.42. The van der Waals surface area contributed by atoms with Gasteiger partial charge in [-0.25, -0.2) is 10.6 Å². The standard InChI is InChI=1S/C19H30N4O2/c1-14-7-5-6-8-17(14)23(21)13-16(20)15-9-11-22(12-10-15)18(24)25-19(2,3)4/h5-8,13,15H,9-12,20-21H2,1-4H3/b16-13-. The molecule has 1 amide bonds. The second kappa shape index (κ2) is 7.78. The Morgan fingerprint density at radius 3 is 2.44 bits per heavy atom. The maximum Gasteiger partial charge on any atom is 0.410 e.